The monoisotopic (exact) mass is 338 g/mol. The lowest BCUT2D eigenvalue weighted by Crippen LogP contribution is -2.13. The van der Waals surface area contributed by atoms with Crippen molar-refractivity contribution in [3.8, 4) is 11.1 Å². The van der Waals surface area contributed by atoms with Gasteiger partial charge in [0.1, 0.15) is 0 Å². The Balaban J connectivity index is 1.95. The smallest absolute Gasteiger partial charge is 0.0708 e. The molecular weight excluding hydrogens is 316 g/mol. The van der Waals surface area contributed by atoms with Crippen LogP contribution in [0.2, 0.25) is 0 Å². The Morgan fingerprint density at radius 3 is 1.50 bits per heavy atom. The fourth-order valence-electron chi connectivity index (χ4n) is 4.60. The largest absolute Gasteiger partial charge is 0.252 e. The molecule has 0 bridgehead atoms. The third-order valence-corrected chi connectivity index (χ3v) is 5.71. The van der Waals surface area contributed by atoms with Crippen molar-refractivity contribution < 1.29 is 0 Å². The number of hydrogen-bond donors (Lipinski definition) is 0. The maximum Gasteiger partial charge on any atom is 0.0708 e. The number of hydrogen-bond acceptors (Lipinski definition) is 2. The van der Waals surface area contributed by atoms with Crippen LogP contribution in [-0.4, -0.2) is 9.97 Å². The fraction of sp³-hybridized carbons (Fsp3) is 0.250. The van der Waals surface area contributed by atoms with Gasteiger partial charge in [0, 0.05) is 33.3 Å². The highest BCUT2D eigenvalue weighted by atomic mass is 14.8. The van der Waals surface area contributed by atoms with Gasteiger partial charge >= 0.3 is 0 Å². The molecule has 1 aliphatic carbocycles. The third-order valence-electron chi connectivity index (χ3n) is 5.71. The van der Waals surface area contributed by atoms with Gasteiger partial charge in [-0.25, -0.2) is 0 Å². The van der Waals surface area contributed by atoms with Crippen LogP contribution in [0, 0.1) is 0 Å². The first-order valence-corrected chi connectivity index (χ1v) is 9.63. The number of rotatable bonds is 2. The van der Waals surface area contributed by atoms with Crippen LogP contribution in [-0.2, 0) is 25.7 Å². The van der Waals surface area contributed by atoms with Crippen molar-refractivity contribution in [3.05, 3.63) is 71.0 Å². The molecule has 2 heterocycles. The van der Waals surface area contributed by atoms with E-state index in [0.29, 0.717) is 0 Å². The first-order chi connectivity index (χ1) is 12.8. The van der Waals surface area contributed by atoms with Crippen molar-refractivity contribution in [3.63, 3.8) is 0 Å². The molecule has 128 valence electrons. The number of nitrogens with zero attached hydrogens (tertiary/aromatic N) is 2. The van der Waals surface area contributed by atoms with E-state index in [4.69, 9.17) is 9.97 Å². The van der Waals surface area contributed by atoms with Crippen molar-refractivity contribution in [2.24, 2.45) is 0 Å². The fourth-order valence-corrected chi connectivity index (χ4v) is 4.60. The molecule has 2 aromatic heterocycles. The molecule has 0 radical (unpaired) electrons. The topological polar surface area (TPSA) is 25.8 Å². The van der Waals surface area contributed by atoms with Gasteiger partial charge in [-0.1, -0.05) is 50.2 Å². The highest BCUT2D eigenvalue weighted by Crippen LogP contribution is 2.42. The van der Waals surface area contributed by atoms with Crippen LogP contribution >= 0.6 is 0 Å². The minimum Gasteiger partial charge on any atom is -0.252 e. The summed E-state index contributed by atoms with van der Waals surface area (Å²) in [5.41, 5.74) is 10.3. The van der Waals surface area contributed by atoms with E-state index in [-0.39, 0.29) is 0 Å². The Hall–Kier alpha value is -2.74. The summed E-state index contributed by atoms with van der Waals surface area (Å²) in [5.74, 6) is 0. The summed E-state index contributed by atoms with van der Waals surface area (Å²) in [6, 6.07) is 17.1. The number of fused-ring (bicyclic) bond motifs is 5. The van der Waals surface area contributed by atoms with Crippen LogP contribution in [0.3, 0.4) is 0 Å². The molecule has 0 spiro atoms. The van der Waals surface area contributed by atoms with Crippen molar-refractivity contribution in [1.29, 1.82) is 0 Å². The molecule has 0 aliphatic heterocycles. The van der Waals surface area contributed by atoms with Gasteiger partial charge in [0.25, 0.3) is 0 Å². The molecule has 2 heteroatoms. The highest BCUT2D eigenvalue weighted by molar-refractivity contribution is 5.96. The second-order valence-electron chi connectivity index (χ2n) is 7.07. The highest BCUT2D eigenvalue weighted by Gasteiger charge is 2.26. The third kappa shape index (κ3) is 2.11. The van der Waals surface area contributed by atoms with Crippen molar-refractivity contribution in [2.45, 2.75) is 39.5 Å². The van der Waals surface area contributed by atoms with Gasteiger partial charge in [0.2, 0.25) is 0 Å². The van der Waals surface area contributed by atoms with Crippen LogP contribution < -0.4 is 0 Å². The second-order valence-corrected chi connectivity index (χ2v) is 7.07. The molecule has 0 amide bonds. The Bertz CT molecular complexity index is 1060. The molecule has 2 aromatic carbocycles. The van der Waals surface area contributed by atoms with Crippen LogP contribution in [0.15, 0.2) is 48.5 Å². The minimum atomic E-state index is 0.981. The first-order valence-electron chi connectivity index (χ1n) is 9.63. The van der Waals surface area contributed by atoms with Crippen molar-refractivity contribution in [2.75, 3.05) is 0 Å². The van der Waals surface area contributed by atoms with E-state index < -0.39 is 0 Å². The average Bonchev–Trinajstić information content (AvgIpc) is 2.70. The summed E-state index contributed by atoms with van der Waals surface area (Å²) in [5, 5.41) is 2.58. The molecule has 0 saturated heterocycles. The Labute approximate surface area is 153 Å². The number of pyridine rings is 2. The van der Waals surface area contributed by atoms with E-state index in [1.165, 1.54) is 44.4 Å². The lowest BCUT2D eigenvalue weighted by molar-refractivity contribution is 0.863. The normalized spacial score (nSPS) is 13.0. The number of para-hydroxylation sites is 2. The van der Waals surface area contributed by atoms with Gasteiger partial charge < -0.3 is 0 Å². The Morgan fingerprint density at radius 1 is 0.654 bits per heavy atom. The Kier molecular flexibility index (Phi) is 3.53. The van der Waals surface area contributed by atoms with E-state index in [2.05, 4.69) is 62.4 Å². The van der Waals surface area contributed by atoms with E-state index in [1.807, 2.05) is 0 Å². The van der Waals surface area contributed by atoms with Crippen molar-refractivity contribution in [1.82, 2.24) is 9.97 Å². The number of aromatic nitrogens is 2. The van der Waals surface area contributed by atoms with Gasteiger partial charge in [-0.15, -0.1) is 0 Å². The van der Waals surface area contributed by atoms with Gasteiger partial charge in [0.05, 0.1) is 11.0 Å². The summed E-state index contributed by atoms with van der Waals surface area (Å²) in [6.45, 7) is 4.52. The van der Waals surface area contributed by atoms with Crippen LogP contribution in [0.1, 0.15) is 36.4 Å². The van der Waals surface area contributed by atoms with E-state index in [1.54, 1.807) is 0 Å². The molecule has 5 rings (SSSR count). The average molecular weight is 338 g/mol. The lowest BCUT2D eigenvalue weighted by Gasteiger charge is -2.26. The number of benzene rings is 2. The zero-order valence-corrected chi connectivity index (χ0v) is 15.3. The van der Waals surface area contributed by atoms with Crippen LogP contribution in [0.25, 0.3) is 32.9 Å². The lowest BCUT2D eigenvalue weighted by atomic mass is 9.82. The maximum atomic E-state index is 5.05. The predicted molar refractivity (Wildman–Crippen MR) is 109 cm³/mol. The predicted octanol–water partition coefficient (Wildman–Crippen LogP) is 5.67. The summed E-state index contributed by atoms with van der Waals surface area (Å²) in [4.78, 5) is 10.1. The van der Waals surface area contributed by atoms with E-state index >= 15 is 0 Å². The summed E-state index contributed by atoms with van der Waals surface area (Å²) in [6.07, 6.45) is 3.99. The minimum absolute atomic E-state index is 0.981. The zero-order valence-electron chi connectivity index (χ0n) is 15.3. The maximum absolute atomic E-state index is 5.05. The standard InChI is InChI=1S/C24H22N2/c1-3-15-17-9-5-7-11-19(17)25-21-13-14-22-24(23(15)21)16(4-2)18-10-6-8-12-20(18)26-22/h5-12H,3-4,13-14H2,1-2H3. The molecule has 0 fully saturated rings. The summed E-state index contributed by atoms with van der Waals surface area (Å²) >= 11 is 0. The first kappa shape index (κ1) is 15.5. The van der Waals surface area contributed by atoms with Crippen LogP contribution in [0.4, 0.5) is 0 Å². The number of aryl methyl sites for hydroxylation is 4. The van der Waals surface area contributed by atoms with Crippen LogP contribution in [0.5, 0.6) is 0 Å². The van der Waals surface area contributed by atoms with Crippen molar-refractivity contribution >= 4 is 21.8 Å². The molecule has 0 unspecified atom stereocenters. The Morgan fingerprint density at radius 2 is 1.08 bits per heavy atom. The molecule has 26 heavy (non-hydrogen) atoms. The van der Waals surface area contributed by atoms with E-state index in [9.17, 15) is 0 Å². The second kappa shape index (κ2) is 5.91. The molecule has 2 nitrogen and oxygen atoms in total. The van der Waals surface area contributed by atoms with Gasteiger partial charge in [-0.05, 0) is 48.9 Å². The molecule has 1 aliphatic rings. The quantitative estimate of drug-likeness (QED) is 0.470. The molecule has 0 N–H and O–H groups in total. The molecular formula is C24H22N2. The SMILES string of the molecule is CCc1c2c(nc3ccccc13)CCc1nc3ccccc3c(CC)c1-2. The molecule has 4 aromatic rings. The van der Waals surface area contributed by atoms with E-state index in [0.717, 1.165) is 36.7 Å². The summed E-state index contributed by atoms with van der Waals surface area (Å²) in [7, 11) is 0. The van der Waals surface area contributed by atoms with Gasteiger partial charge in [-0.3, -0.25) is 9.97 Å². The van der Waals surface area contributed by atoms with Gasteiger partial charge in [0.15, 0.2) is 0 Å². The zero-order chi connectivity index (χ0) is 17.7. The molecule has 0 saturated carbocycles. The van der Waals surface area contributed by atoms with Gasteiger partial charge in [-0.2, -0.15) is 0 Å². The molecule has 0 atom stereocenters. The summed E-state index contributed by atoms with van der Waals surface area (Å²) < 4.78 is 0.